The molecule has 0 radical (unpaired) electrons. The van der Waals surface area contributed by atoms with Gasteiger partial charge in [0.2, 0.25) is 0 Å². The van der Waals surface area contributed by atoms with Crippen molar-refractivity contribution in [2.24, 2.45) is 0 Å². The summed E-state index contributed by atoms with van der Waals surface area (Å²) in [5.41, 5.74) is 5.67. The highest BCUT2D eigenvalue weighted by molar-refractivity contribution is 5.85. The van der Waals surface area contributed by atoms with E-state index in [9.17, 15) is 0 Å². The average Bonchev–Trinajstić information content (AvgIpc) is 2.64. The summed E-state index contributed by atoms with van der Waals surface area (Å²) in [5.74, 6) is 0. The van der Waals surface area contributed by atoms with Crippen LogP contribution in [0, 0.1) is 13.8 Å². The second kappa shape index (κ2) is 3.36. The van der Waals surface area contributed by atoms with Gasteiger partial charge < -0.3 is 9.88 Å². The molecule has 1 atom stereocenters. The van der Waals surface area contributed by atoms with Crippen molar-refractivity contribution in [3.8, 4) is 0 Å². The monoisotopic (exact) mass is 214 g/mol. The van der Waals surface area contributed by atoms with E-state index in [1.807, 2.05) is 0 Å². The van der Waals surface area contributed by atoms with Crippen molar-refractivity contribution >= 4 is 10.9 Å². The van der Waals surface area contributed by atoms with E-state index in [-0.39, 0.29) is 0 Å². The molecule has 2 aromatic rings. The van der Waals surface area contributed by atoms with Crippen molar-refractivity contribution in [2.45, 2.75) is 33.4 Å². The van der Waals surface area contributed by atoms with Crippen LogP contribution in [0.25, 0.3) is 10.9 Å². The molecule has 0 saturated heterocycles. The van der Waals surface area contributed by atoms with Crippen molar-refractivity contribution in [3.05, 3.63) is 35.0 Å². The first-order valence-corrected chi connectivity index (χ1v) is 5.99. The molecular formula is C14H18N2. The van der Waals surface area contributed by atoms with Crippen LogP contribution in [0.3, 0.4) is 0 Å². The Morgan fingerprint density at radius 2 is 2.12 bits per heavy atom. The van der Waals surface area contributed by atoms with Crippen molar-refractivity contribution in [1.82, 2.24) is 9.88 Å². The fourth-order valence-electron chi connectivity index (χ4n) is 2.79. The molecule has 0 fully saturated rings. The molecule has 84 valence electrons. The number of nitrogens with zero attached hydrogens (tertiary/aromatic N) is 1. The van der Waals surface area contributed by atoms with Crippen molar-refractivity contribution in [1.29, 1.82) is 0 Å². The zero-order chi connectivity index (χ0) is 11.3. The first-order chi connectivity index (χ1) is 7.68. The summed E-state index contributed by atoms with van der Waals surface area (Å²) in [6.07, 6.45) is 0. The van der Waals surface area contributed by atoms with E-state index in [1.165, 1.54) is 27.7 Å². The number of fused-ring (bicyclic) bond motifs is 3. The molecule has 3 rings (SSSR count). The minimum Gasteiger partial charge on any atom is -0.339 e. The topological polar surface area (TPSA) is 17.0 Å². The lowest BCUT2D eigenvalue weighted by atomic mass is 10.1. The van der Waals surface area contributed by atoms with Crippen LogP contribution in [0.15, 0.2) is 18.2 Å². The van der Waals surface area contributed by atoms with Gasteiger partial charge in [-0.2, -0.15) is 0 Å². The van der Waals surface area contributed by atoms with E-state index in [1.54, 1.807) is 0 Å². The van der Waals surface area contributed by atoms with Gasteiger partial charge in [0, 0.05) is 30.2 Å². The molecule has 2 nitrogen and oxygen atoms in total. The van der Waals surface area contributed by atoms with Gasteiger partial charge in [-0.25, -0.2) is 0 Å². The lowest BCUT2D eigenvalue weighted by Crippen LogP contribution is -2.31. The molecule has 2 heteroatoms. The molecule has 0 aliphatic carbocycles. The second-order valence-corrected chi connectivity index (χ2v) is 4.93. The smallest absolute Gasteiger partial charge is 0.0518 e. The molecule has 0 amide bonds. The van der Waals surface area contributed by atoms with Gasteiger partial charge in [-0.1, -0.05) is 12.1 Å². The first-order valence-electron chi connectivity index (χ1n) is 5.99. The molecule has 1 aromatic heterocycles. The molecule has 0 unspecified atom stereocenters. The van der Waals surface area contributed by atoms with Crippen LogP contribution >= 0.6 is 0 Å². The van der Waals surface area contributed by atoms with Gasteiger partial charge in [-0.15, -0.1) is 0 Å². The molecule has 1 N–H and O–H groups in total. The lowest BCUT2D eigenvalue weighted by molar-refractivity contribution is 0.439. The Labute approximate surface area is 96.3 Å². The molecule has 1 aromatic carbocycles. The predicted octanol–water partition coefficient (Wildman–Crippen LogP) is 2.92. The minimum atomic E-state index is 0.557. The Kier molecular flexibility index (Phi) is 2.08. The van der Waals surface area contributed by atoms with Gasteiger partial charge in [0.25, 0.3) is 0 Å². The number of rotatable bonds is 0. The second-order valence-electron chi connectivity index (χ2n) is 4.93. The van der Waals surface area contributed by atoms with Gasteiger partial charge in [-0.3, -0.25) is 0 Å². The Morgan fingerprint density at radius 1 is 1.31 bits per heavy atom. The van der Waals surface area contributed by atoms with Crippen LogP contribution in [0.1, 0.15) is 29.8 Å². The maximum Gasteiger partial charge on any atom is 0.0518 e. The summed E-state index contributed by atoms with van der Waals surface area (Å²) >= 11 is 0. The zero-order valence-electron chi connectivity index (χ0n) is 10.2. The van der Waals surface area contributed by atoms with Crippen LogP contribution in [0.2, 0.25) is 0 Å². The Balaban J connectivity index is 2.40. The van der Waals surface area contributed by atoms with Gasteiger partial charge in [0.1, 0.15) is 0 Å². The van der Waals surface area contributed by atoms with Gasteiger partial charge in [0.15, 0.2) is 0 Å². The molecule has 2 heterocycles. The van der Waals surface area contributed by atoms with Gasteiger partial charge in [-0.05, 0) is 38.0 Å². The maximum atomic E-state index is 3.46. The summed E-state index contributed by atoms with van der Waals surface area (Å²) in [7, 11) is 0. The summed E-state index contributed by atoms with van der Waals surface area (Å²) in [6.45, 7) is 8.79. The van der Waals surface area contributed by atoms with Crippen molar-refractivity contribution in [2.75, 3.05) is 6.54 Å². The molecule has 16 heavy (non-hydrogen) atoms. The predicted molar refractivity (Wildman–Crippen MR) is 67.8 cm³/mol. The third kappa shape index (κ3) is 1.23. The highest BCUT2D eigenvalue weighted by Gasteiger charge is 2.19. The van der Waals surface area contributed by atoms with Crippen molar-refractivity contribution in [3.63, 3.8) is 0 Å². The number of hydrogen-bond donors (Lipinski definition) is 1. The third-order valence-electron chi connectivity index (χ3n) is 3.79. The number of hydrogen-bond acceptors (Lipinski definition) is 1. The van der Waals surface area contributed by atoms with E-state index in [0.717, 1.165) is 13.1 Å². The van der Waals surface area contributed by atoms with Crippen LogP contribution in [-0.4, -0.2) is 11.1 Å². The largest absolute Gasteiger partial charge is 0.339 e. The van der Waals surface area contributed by atoms with Crippen molar-refractivity contribution < 1.29 is 0 Å². The maximum absolute atomic E-state index is 3.46. The normalized spacial score (nSPS) is 20.1. The van der Waals surface area contributed by atoms with E-state index in [0.29, 0.717) is 6.04 Å². The Bertz CT molecular complexity index is 551. The fraction of sp³-hybridized carbons (Fsp3) is 0.429. The van der Waals surface area contributed by atoms with Crippen LogP contribution < -0.4 is 5.32 Å². The van der Waals surface area contributed by atoms with Crippen LogP contribution in [-0.2, 0) is 6.54 Å². The number of aromatic nitrogens is 1. The highest BCUT2D eigenvalue weighted by atomic mass is 15.1. The summed E-state index contributed by atoms with van der Waals surface area (Å²) in [6, 6.07) is 7.35. The standard InChI is InChI=1S/C14H18N2/c1-9-4-5-12-6-13-8-15-7-10(2)16(13)14(12)11(9)3/h4-6,10,15H,7-8H2,1-3H3/t10-/m1/s1. The quantitative estimate of drug-likeness (QED) is 0.713. The first kappa shape index (κ1) is 9.91. The number of nitrogens with one attached hydrogen (secondary N) is 1. The summed E-state index contributed by atoms with van der Waals surface area (Å²) in [4.78, 5) is 0. The van der Waals surface area contributed by atoms with Crippen LogP contribution in [0.4, 0.5) is 0 Å². The molecule has 1 aliphatic rings. The minimum absolute atomic E-state index is 0.557. The number of aryl methyl sites for hydroxylation is 2. The summed E-state index contributed by atoms with van der Waals surface area (Å²) < 4.78 is 2.51. The average molecular weight is 214 g/mol. The van der Waals surface area contributed by atoms with E-state index >= 15 is 0 Å². The lowest BCUT2D eigenvalue weighted by Gasteiger charge is -2.25. The van der Waals surface area contributed by atoms with Gasteiger partial charge in [0.05, 0.1) is 5.52 Å². The molecule has 0 spiro atoms. The van der Waals surface area contributed by atoms with Gasteiger partial charge >= 0.3 is 0 Å². The molecular weight excluding hydrogens is 196 g/mol. The van der Waals surface area contributed by atoms with E-state index in [4.69, 9.17) is 0 Å². The number of benzene rings is 1. The molecule has 0 saturated carbocycles. The molecule has 0 bridgehead atoms. The third-order valence-corrected chi connectivity index (χ3v) is 3.79. The van der Waals surface area contributed by atoms with E-state index < -0.39 is 0 Å². The Morgan fingerprint density at radius 3 is 2.94 bits per heavy atom. The Hall–Kier alpha value is -1.28. The highest BCUT2D eigenvalue weighted by Crippen LogP contribution is 2.30. The SMILES string of the molecule is Cc1ccc2cc3n(c2c1C)[C@H](C)CNC3. The summed E-state index contributed by atoms with van der Waals surface area (Å²) in [5, 5.41) is 4.85. The fourth-order valence-corrected chi connectivity index (χ4v) is 2.79. The van der Waals surface area contributed by atoms with E-state index in [2.05, 4.69) is 48.9 Å². The van der Waals surface area contributed by atoms with Crippen LogP contribution in [0.5, 0.6) is 0 Å². The zero-order valence-corrected chi connectivity index (χ0v) is 10.2. The molecule has 1 aliphatic heterocycles.